The fraction of sp³-hybridized carbons (Fsp3) is 0.385. The molecule has 104 valence electrons. The molecular weight excluding hydrogens is 268 g/mol. The van der Waals surface area contributed by atoms with Gasteiger partial charge in [0.05, 0.1) is 16.7 Å². The Balaban J connectivity index is 2.50. The molecule has 6 heteroatoms. The van der Waals surface area contributed by atoms with Crippen molar-refractivity contribution < 1.29 is 24.0 Å². The van der Waals surface area contributed by atoms with Crippen molar-refractivity contribution in [2.24, 2.45) is 5.92 Å². The first-order valence-corrected chi connectivity index (χ1v) is 7.20. The molecule has 0 saturated heterocycles. The maximum Gasteiger partial charge on any atom is 0.306 e. The van der Waals surface area contributed by atoms with Gasteiger partial charge in [0.1, 0.15) is 0 Å². The summed E-state index contributed by atoms with van der Waals surface area (Å²) in [7, 11) is -1.25. The van der Waals surface area contributed by atoms with Gasteiger partial charge in [0.25, 0.3) is 0 Å². The summed E-state index contributed by atoms with van der Waals surface area (Å²) >= 11 is 0. The van der Waals surface area contributed by atoms with E-state index in [9.17, 15) is 13.8 Å². The summed E-state index contributed by atoms with van der Waals surface area (Å²) < 4.78 is 11.9. The van der Waals surface area contributed by atoms with Gasteiger partial charge in [0.15, 0.2) is 0 Å². The molecule has 0 aliphatic rings. The van der Waals surface area contributed by atoms with E-state index in [0.29, 0.717) is 4.90 Å². The first kappa shape index (κ1) is 15.4. The van der Waals surface area contributed by atoms with E-state index >= 15 is 0 Å². The van der Waals surface area contributed by atoms with E-state index in [1.54, 1.807) is 24.3 Å². The number of rotatable bonds is 8. The van der Waals surface area contributed by atoms with Crippen LogP contribution in [0.5, 0.6) is 0 Å². The number of carbonyl (C=O) groups is 2. The van der Waals surface area contributed by atoms with Gasteiger partial charge >= 0.3 is 11.9 Å². The summed E-state index contributed by atoms with van der Waals surface area (Å²) in [5.74, 6) is -2.59. The van der Waals surface area contributed by atoms with Gasteiger partial charge < -0.3 is 10.2 Å². The van der Waals surface area contributed by atoms with Crippen molar-refractivity contribution in [1.82, 2.24) is 0 Å². The summed E-state index contributed by atoms with van der Waals surface area (Å²) in [4.78, 5) is 22.1. The first-order valence-electron chi connectivity index (χ1n) is 5.88. The predicted molar refractivity (Wildman–Crippen MR) is 70.3 cm³/mol. The second-order valence-corrected chi connectivity index (χ2v) is 5.69. The zero-order chi connectivity index (χ0) is 14.3. The molecule has 0 spiro atoms. The van der Waals surface area contributed by atoms with Crippen molar-refractivity contribution in [3.63, 3.8) is 0 Å². The Kier molecular flexibility index (Phi) is 6.21. The Hall–Kier alpha value is -1.69. The van der Waals surface area contributed by atoms with Gasteiger partial charge in [-0.3, -0.25) is 13.8 Å². The number of carboxylic acids is 2. The van der Waals surface area contributed by atoms with Crippen LogP contribution in [0.3, 0.4) is 0 Å². The summed E-state index contributed by atoms with van der Waals surface area (Å²) in [6, 6.07) is 8.80. The minimum atomic E-state index is -1.25. The third-order valence-electron chi connectivity index (χ3n) is 2.71. The van der Waals surface area contributed by atoms with Crippen LogP contribution in [-0.2, 0) is 20.4 Å². The third kappa shape index (κ3) is 5.65. The van der Waals surface area contributed by atoms with Crippen LogP contribution < -0.4 is 0 Å². The third-order valence-corrected chi connectivity index (χ3v) is 4.12. The van der Waals surface area contributed by atoms with E-state index in [1.807, 2.05) is 6.07 Å². The molecule has 0 aromatic heterocycles. The van der Waals surface area contributed by atoms with E-state index in [2.05, 4.69) is 0 Å². The molecule has 0 radical (unpaired) electrons. The van der Waals surface area contributed by atoms with Crippen molar-refractivity contribution in [3.05, 3.63) is 30.3 Å². The zero-order valence-electron chi connectivity index (χ0n) is 10.3. The summed E-state index contributed by atoms with van der Waals surface area (Å²) in [5.41, 5.74) is 0. The Morgan fingerprint density at radius 2 is 1.74 bits per heavy atom. The highest BCUT2D eigenvalue weighted by Gasteiger charge is 2.19. The normalized spacial score (nSPS) is 13.7. The summed E-state index contributed by atoms with van der Waals surface area (Å²) in [6.07, 6.45) is 0.0930. The molecule has 19 heavy (non-hydrogen) atoms. The van der Waals surface area contributed by atoms with Gasteiger partial charge in [0, 0.05) is 17.1 Å². The topological polar surface area (TPSA) is 91.7 Å². The summed E-state index contributed by atoms with van der Waals surface area (Å²) in [5, 5.41) is 17.5. The smallest absolute Gasteiger partial charge is 0.306 e. The Labute approximate surface area is 113 Å². The maximum atomic E-state index is 11.9. The SMILES string of the molecule is O=C(O)CCC(CCS(=O)c1ccccc1)C(=O)O. The molecule has 0 aliphatic heterocycles. The zero-order valence-corrected chi connectivity index (χ0v) is 11.1. The molecule has 0 amide bonds. The lowest BCUT2D eigenvalue weighted by atomic mass is 10.0. The average molecular weight is 284 g/mol. The molecule has 1 aromatic carbocycles. The highest BCUT2D eigenvalue weighted by atomic mass is 32.2. The lowest BCUT2D eigenvalue weighted by molar-refractivity contribution is -0.143. The maximum absolute atomic E-state index is 11.9. The van der Waals surface area contributed by atoms with Crippen molar-refractivity contribution in [2.75, 3.05) is 5.75 Å². The monoisotopic (exact) mass is 284 g/mol. The number of carboxylic acid groups (broad SMARTS) is 2. The fourth-order valence-corrected chi connectivity index (χ4v) is 2.82. The minimum absolute atomic E-state index is 0.0661. The van der Waals surface area contributed by atoms with Crippen LogP contribution in [0.1, 0.15) is 19.3 Å². The van der Waals surface area contributed by atoms with Crippen LogP contribution in [-0.4, -0.2) is 32.1 Å². The highest BCUT2D eigenvalue weighted by Crippen LogP contribution is 2.15. The van der Waals surface area contributed by atoms with Crippen LogP contribution in [0.25, 0.3) is 0 Å². The molecule has 2 atom stereocenters. The largest absolute Gasteiger partial charge is 0.481 e. The van der Waals surface area contributed by atoms with Crippen molar-refractivity contribution >= 4 is 22.7 Å². The minimum Gasteiger partial charge on any atom is -0.481 e. The van der Waals surface area contributed by atoms with E-state index in [-0.39, 0.29) is 25.0 Å². The molecule has 0 fully saturated rings. The van der Waals surface area contributed by atoms with E-state index in [0.717, 1.165) is 0 Å². The highest BCUT2D eigenvalue weighted by molar-refractivity contribution is 7.85. The van der Waals surface area contributed by atoms with Crippen LogP contribution in [0.2, 0.25) is 0 Å². The average Bonchev–Trinajstić information content (AvgIpc) is 2.38. The van der Waals surface area contributed by atoms with Gasteiger partial charge in [-0.15, -0.1) is 0 Å². The van der Waals surface area contributed by atoms with E-state index in [1.165, 1.54) is 0 Å². The van der Waals surface area contributed by atoms with Crippen LogP contribution >= 0.6 is 0 Å². The van der Waals surface area contributed by atoms with Crippen molar-refractivity contribution in [2.45, 2.75) is 24.2 Å². The van der Waals surface area contributed by atoms with Crippen LogP contribution in [0.15, 0.2) is 35.2 Å². The van der Waals surface area contributed by atoms with Crippen molar-refractivity contribution in [1.29, 1.82) is 0 Å². The molecule has 0 aliphatic carbocycles. The molecule has 1 aromatic rings. The van der Waals surface area contributed by atoms with Crippen molar-refractivity contribution in [3.8, 4) is 0 Å². The van der Waals surface area contributed by atoms with Gasteiger partial charge in [0.2, 0.25) is 0 Å². The van der Waals surface area contributed by atoms with Gasteiger partial charge in [-0.25, -0.2) is 0 Å². The quantitative estimate of drug-likeness (QED) is 0.758. The number of hydrogen-bond acceptors (Lipinski definition) is 3. The second-order valence-electron chi connectivity index (χ2n) is 4.12. The Morgan fingerprint density at radius 1 is 1.11 bits per heavy atom. The van der Waals surface area contributed by atoms with Crippen LogP contribution in [0.4, 0.5) is 0 Å². The Morgan fingerprint density at radius 3 is 2.26 bits per heavy atom. The van der Waals surface area contributed by atoms with Gasteiger partial charge in [-0.05, 0) is 25.0 Å². The first-order chi connectivity index (χ1) is 9.00. The van der Waals surface area contributed by atoms with E-state index in [4.69, 9.17) is 10.2 Å². The molecule has 1 rings (SSSR count). The fourth-order valence-electron chi connectivity index (χ4n) is 1.63. The number of aliphatic carboxylic acids is 2. The molecule has 2 unspecified atom stereocenters. The summed E-state index contributed by atoms with van der Waals surface area (Å²) in [6.45, 7) is 0. The predicted octanol–water partition coefficient (Wildman–Crippen LogP) is 1.75. The molecule has 2 N–H and O–H groups in total. The lowest BCUT2D eigenvalue weighted by Crippen LogP contribution is -2.18. The molecule has 0 saturated carbocycles. The van der Waals surface area contributed by atoms with Gasteiger partial charge in [-0.2, -0.15) is 0 Å². The lowest BCUT2D eigenvalue weighted by Gasteiger charge is -2.10. The second kappa shape index (κ2) is 7.68. The van der Waals surface area contributed by atoms with E-state index < -0.39 is 28.7 Å². The standard InChI is InChI=1S/C13H16O5S/c14-12(15)7-6-10(13(16)17)8-9-19(18)11-4-2-1-3-5-11/h1-5,10H,6-9H2,(H,14,15)(H,16,17). The molecule has 5 nitrogen and oxygen atoms in total. The Bertz CT molecular complexity index is 457. The molecular formula is C13H16O5S. The molecule has 0 bridgehead atoms. The van der Waals surface area contributed by atoms with Crippen LogP contribution in [0, 0.1) is 5.92 Å². The van der Waals surface area contributed by atoms with Gasteiger partial charge in [-0.1, -0.05) is 18.2 Å². The molecule has 0 heterocycles. The number of benzene rings is 1. The number of hydrogen-bond donors (Lipinski definition) is 2.